The molecule has 0 saturated carbocycles. The minimum Gasteiger partial charge on any atom is -0.494 e. The van der Waals surface area contributed by atoms with E-state index in [9.17, 15) is 8.42 Å². The monoisotopic (exact) mass is 335 g/mol. The van der Waals surface area contributed by atoms with Crippen LogP contribution >= 0.6 is 0 Å². The third-order valence-electron chi connectivity index (χ3n) is 2.95. The molecule has 7 heteroatoms. The summed E-state index contributed by atoms with van der Waals surface area (Å²) in [6.45, 7) is 4.39. The lowest BCUT2D eigenvalue weighted by molar-refractivity contribution is 0.340. The summed E-state index contributed by atoms with van der Waals surface area (Å²) in [5.41, 5.74) is 1.33. The molecule has 0 aliphatic carbocycles. The molecule has 0 aliphatic heterocycles. The lowest BCUT2D eigenvalue weighted by Crippen LogP contribution is -2.16. The average molecular weight is 335 g/mol. The van der Waals surface area contributed by atoms with E-state index in [1.807, 2.05) is 38.1 Å². The van der Waals surface area contributed by atoms with Gasteiger partial charge in [-0.25, -0.2) is 13.4 Å². The summed E-state index contributed by atoms with van der Waals surface area (Å²) in [5.74, 6) is 1.54. The van der Waals surface area contributed by atoms with E-state index in [0.29, 0.717) is 24.5 Å². The van der Waals surface area contributed by atoms with E-state index >= 15 is 0 Å². The summed E-state index contributed by atoms with van der Waals surface area (Å²) in [6, 6.07) is 10.9. The van der Waals surface area contributed by atoms with Crippen molar-refractivity contribution >= 4 is 27.2 Å². The number of nitrogens with zero attached hydrogens (tertiary/aromatic N) is 1. The Labute approximate surface area is 137 Å². The van der Waals surface area contributed by atoms with Gasteiger partial charge in [-0.2, -0.15) is 0 Å². The fourth-order valence-corrected chi connectivity index (χ4v) is 3.10. The van der Waals surface area contributed by atoms with Crippen molar-refractivity contribution in [1.82, 2.24) is 4.98 Å². The van der Waals surface area contributed by atoms with Crippen molar-refractivity contribution < 1.29 is 13.2 Å². The predicted molar refractivity (Wildman–Crippen MR) is 92.8 cm³/mol. The number of benzene rings is 1. The quantitative estimate of drug-likeness (QED) is 0.773. The smallest absolute Gasteiger partial charge is 0.232 e. The Morgan fingerprint density at radius 2 is 1.74 bits per heavy atom. The van der Waals surface area contributed by atoms with Gasteiger partial charge >= 0.3 is 0 Å². The summed E-state index contributed by atoms with van der Waals surface area (Å²) in [6.07, 6.45) is 2.06. The molecule has 0 bridgehead atoms. The Kier molecular flexibility index (Phi) is 5.81. The highest BCUT2D eigenvalue weighted by molar-refractivity contribution is 7.92. The van der Waals surface area contributed by atoms with Crippen LogP contribution in [-0.2, 0) is 10.0 Å². The molecule has 0 atom stereocenters. The number of pyridine rings is 1. The summed E-state index contributed by atoms with van der Waals surface area (Å²) < 4.78 is 31.3. The maximum atomic E-state index is 11.7. The number of hydrogen-bond acceptors (Lipinski definition) is 5. The first kappa shape index (κ1) is 17.1. The van der Waals surface area contributed by atoms with Crippen molar-refractivity contribution in [1.29, 1.82) is 0 Å². The fourth-order valence-electron chi connectivity index (χ4n) is 1.98. The highest BCUT2D eigenvalue weighted by Crippen LogP contribution is 2.20. The second kappa shape index (κ2) is 7.82. The molecule has 0 spiro atoms. The molecular formula is C16H21N3O3S. The molecule has 0 unspecified atom stereocenters. The molecule has 124 valence electrons. The van der Waals surface area contributed by atoms with Gasteiger partial charge < -0.3 is 10.1 Å². The number of aromatic nitrogens is 1. The zero-order valence-corrected chi connectivity index (χ0v) is 14.1. The van der Waals surface area contributed by atoms with Gasteiger partial charge in [-0.1, -0.05) is 6.92 Å². The van der Waals surface area contributed by atoms with E-state index in [1.54, 1.807) is 12.1 Å². The van der Waals surface area contributed by atoms with E-state index in [1.165, 1.54) is 6.20 Å². The fraction of sp³-hybridized carbons (Fsp3) is 0.312. The molecule has 6 nitrogen and oxygen atoms in total. The van der Waals surface area contributed by atoms with Crippen molar-refractivity contribution in [2.45, 2.75) is 20.3 Å². The normalized spacial score (nSPS) is 11.0. The van der Waals surface area contributed by atoms with Crippen LogP contribution in [0.1, 0.15) is 20.3 Å². The molecule has 2 aromatic rings. The van der Waals surface area contributed by atoms with E-state index in [4.69, 9.17) is 4.74 Å². The number of hydrogen-bond donors (Lipinski definition) is 2. The van der Waals surface area contributed by atoms with E-state index in [-0.39, 0.29) is 5.75 Å². The zero-order chi connectivity index (χ0) is 16.7. The van der Waals surface area contributed by atoms with Crippen LogP contribution in [-0.4, -0.2) is 25.8 Å². The number of rotatable bonds is 8. The van der Waals surface area contributed by atoms with Gasteiger partial charge in [0.1, 0.15) is 11.6 Å². The minimum absolute atomic E-state index is 0.0964. The molecule has 0 saturated heterocycles. The standard InChI is InChI=1S/C16H21N3O3S/c1-3-11-23(20,21)19-14-7-10-16(17-12-14)18-13-5-8-15(9-6-13)22-4-2/h5-10,12,19H,3-4,11H2,1-2H3,(H,17,18). The molecule has 1 aromatic heterocycles. The second-order valence-electron chi connectivity index (χ2n) is 4.94. The summed E-state index contributed by atoms with van der Waals surface area (Å²) >= 11 is 0. The maximum absolute atomic E-state index is 11.7. The van der Waals surface area contributed by atoms with Crippen LogP contribution in [0.5, 0.6) is 5.75 Å². The Morgan fingerprint density at radius 3 is 2.30 bits per heavy atom. The Balaban J connectivity index is 1.99. The van der Waals surface area contributed by atoms with Crippen molar-refractivity contribution in [3.63, 3.8) is 0 Å². The first-order valence-corrected chi connectivity index (χ1v) is 9.14. The lowest BCUT2D eigenvalue weighted by Gasteiger charge is -2.09. The second-order valence-corrected chi connectivity index (χ2v) is 6.78. The molecule has 0 aliphatic rings. The van der Waals surface area contributed by atoms with Crippen LogP contribution in [0.2, 0.25) is 0 Å². The van der Waals surface area contributed by atoms with Gasteiger partial charge in [0.2, 0.25) is 10.0 Å². The molecule has 1 heterocycles. The third-order valence-corrected chi connectivity index (χ3v) is 4.44. The maximum Gasteiger partial charge on any atom is 0.232 e. The van der Waals surface area contributed by atoms with Gasteiger partial charge in [0, 0.05) is 5.69 Å². The third kappa shape index (κ3) is 5.45. The van der Waals surface area contributed by atoms with Crippen molar-refractivity contribution in [3.8, 4) is 5.75 Å². The number of anilines is 3. The van der Waals surface area contributed by atoms with Crippen molar-refractivity contribution in [3.05, 3.63) is 42.6 Å². The van der Waals surface area contributed by atoms with Crippen LogP contribution < -0.4 is 14.8 Å². The van der Waals surface area contributed by atoms with E-state index in [2.05, 4.69) is 15.0 Å². The lowest BCUT2D eigenvalue weighted by atomic mass is 10.3. The number of sulfonamides is 1. The van der Waals surface area contributed by atoms with E-state index < -0.39 is 10.0 Å². The first-order chi connectivity index (χ1) is 11.0. The van der Waals surface area contributed by atoms with Crippen LogP contribution in [0.3, 0.4) is 0 Å². The Morgan fingerprint density at radius 1 is 1.04 bits per heavy atom. The summed E-state index contributed by atoms with van der Waals surface area (Å²) in [4.78, 5) is 4.21. The number of nitrogens with one attached hydrogen (secondary N) is 2. The Bertz CT molecular complexity index is 713. The zero-order valence-electron chi connectivity index (χ0n) is 13.2. The average Bonchev–Trinajstić information content (AvgIpc) is 2.51. The molecule has 0 fully saturated rings. The van der Waals surface area contributed by atoms with Crippen molar-refractivity contribution in [2.75, 3.05) is 22.4 Å². The molecule has 23 heavy (non-hydrogen) atoms. The van der Waals surface area contributed by atoms with Gasteiger partial charge in [0.25, 0.3) is 0 Å². The van der Waals surface area contributed by atoms with Gasteiger partial charge in [-0.15, -0.1) is 0 Å². The SMILES string of the molecule is CCCS(=O)(=O)Nc1ccc(Nc2ccc(OCC)cc2)nc1. The van der Waals surface area contributed by atoms with Crippen LogP contribution in [0, 0.1) is 0 Å². The predicted octanol–water partition coefficient (Wildman–Crippen LogP) is 3.38. The summed E-state index contributed by atoms with van der Waals surface area (Å²) in [5, 5.41) is 3.14. The molecule has 2 rings (SSSR count). The topological polar surface area (TPSA) is 80.3 Å². The van der Waals surface area contributed by atoms with Gasteiger partial charge in [0.15, 0.2) is 0 Å². The van der Waals surface area contributed by atoms with Crippen LogP contribution in [0.15, 0.2) is 42.6 Å². The molecular weight excluding hydrogens is 314 g/mol. The van der Waals surface area contributed by atoms with Gasteiger partial charge in [-0.05, 0) is 49.7 Å². The Hall–Kier alpha value is -2.28. The highest BCUT2D eigenvalue weighted by atomic mass is 32.2. The van der Waals surface area contributed by atoms with Gasteiger partial charge in [0.05, 0.1) is 24.2 Å². The number of ether oxygens (including phenoxy) is 1. The highest BCUT2D eigenvalue weighted by Gasteiger charge is 2.08. The van der Waals surface area contributed by atoms with E-state index in [0.717, 1.165) is 11.4 Å². The molecule has 0 amide bonds. The molecule has 2 N–H and O–H groups in total. The van der Waals surface area contributed by atoms with Crippen LogP contribution in [0.4, 0.5) is 17.2 Å². The summed E-state index contributed by atoms with van der Waals surface area (Å²) in [7, 11) is -3.29. The van der Waals surface area contributed by atoms with Crippen LogP contribution in [0.25, 0.3) is 0 Å². The molecule has 0 radical (unpaired) electrons. The van der Waals surface area contributed by atoms with Crippen molar-refractivity contribution in [2.24, 2.45) is 0 Å². The largest absolute Gasteiger partial charge is 0.494 e. The minimum atomic E-state index is -3.29. The molecule has 1 aromatic carbocycles. The van der Waals surface area contributed by atoms with Gasteiger partial charge in [-0.3, -0.25) is 4.72 Å². The first-order valence-electron chi connectivity index (χ1n) is 7.49.